The Labute approximate surface area is 112 Å². The lowest BCUT2D eigenvalue weighted by atomic mass is 10.0. The van der Waals surface area contributed by atoms with Crippen LogP contribution in [0.1, 0.15) is 15.9 Å². The second-order valence-electron chi connectivity index (χ2n) is 3.28. The quantitative estimate of drug-likeness (QED) is 0.602. The molecule has 0 aliphatic heterocycles. The summed E-state index contributed by atoms with van der Waals surface area (Å²) in [4.78, 5) is 11.8. The van der Waals surface area contributed by atoms with Gasteiger partial charge in [0.2, 0.25) is 0 Å². The zero-order valence-electron chi connectivity index (χ0n) is 9.75. The lowest BCUT2D eigenvalue weighted by molar-refractivity contribution is -0.137. The number of carbonyl (C=O) groups is 1. The molecule has 0 aromatic heterocycles. The van der Waals surface area contributed by atoms with Crippen molar-refractivity contribution >= 4 is 29.3 Å². The summed E-state index contributed by atoms with van der Waals surface area (Å²) in [5, 5.41) is 0. The molecule has 0 aliphatic carbocycles. The Hall–Kier alpha value is -0.880. The Balaban J connectivity index is 3.18. The Kier molecular flexibility index (Phi) is 5.34. The van der Waals surface area contributed by atoms with E-state index in [4.69, 9.17) is 0 Å². The fourth-order valence-electron chi connectivity index (χ4n) is 1.33. The number of thioether (sulfide) groups is 2. The van der Waals surface area contributed by atoms with Crippen LogP contribution in [0.25, 0.3) is 0 Å². The molecule has 0 atom stereocenters. The molecule has 0 amide bonds. The molecule has 1 aromatic carbocycles. The van der Waals surface area contributed by atoms with Gasteiger partial charge in [-0.15, -0.1) is 23.5 Å². The van der Waals surface area contributed by atoms with Crippen molar-refractivity contribution in [2.75, 3.05) is 12.5 Å². The minimum Gasteiger partial charge on any atom is -0.289 e. The van der Waals surface area contributed by atoms with E-state index < -0.39 is 17.5 Å². The monoisotopic (exact) mass is 292 g/mol. The highest BCUT2D eigenvalue weighted by Gasteiger charge is 2.34. The van der Waals surface area contributed by atoms with Gasteiger partial charge in [-0.05, 0) is 18.6 Å². The number of allylic oxidation sites excluding steroid dienone is 1. The number of alkyl halides is 3. The molecule has 0 fully saturated rings. The number of rotatable bonds is 4. The summed E-state index contributed by atoms with van der Waals surface area (Å²) in [5.74, 6) is -0.623. The van der Waals surface area contributed by atoms with E-state index in [1.54, 1.807) is 12.5 Å². The van der Waals surface area contributed by atoms with Crippen molar-refractivity contribution in [3.63, 3.8) is 0 Å². The Morgan fingerprint density at radius 2 is 1.72 bits per heavy atom. The number of ketones is 1. The molecule has 0 spiro atoms. The lowest BCUT2D eigenvalue weighted by Gasteiger charge is -2.10. The molecule has 0 saturated carbocycles. The van der Waals surface area contributed by atoms with Crippen LogP contribution < -0.4 is 0 Å². The summed E-state index contributed by atoms with van der Waals surface area (Å²) in [7, 11) is 0. The molecule has 18 heavy (non-hydrogen) atoms. The van der Waals surface area contributed by atoms with Crippen LogP contribution in [0.2, 0.25) is 0 Å². The molecule has 0 N–H and O–H groups in total. The number of hydrogen-bond donors (Lipinski definition) is 0. The van der Waals surface area contributed by atoms with E-state index in [-0.39, 0.29) is 5.56 Å². The van der Waals surface area contributed by atoms with Crippen LogP contribution in [-0.4, -0.2) is 18.3 Å². The van der Waals surface area contributed by atoms with Crippen molar-refractivity contribution in [1.82, 2.24) is 0 Å². The zero-order chi connectivity index (χ0) is 13.8. The molecule has 6 heteroatoms. The van der Waals surface area contributed by atoms with E-state index in [1.165, 1.54) is 47.8 Å². The van der Waals surface area contributed by atoms with E-state index in [1.807, 2.05) is 0 Å². The van der Waals surface area contributed by atoms with Crippen LogP contribution >= 0.6 is 23.5 Å². The van der Waals surface area contributed by atoms with Gasteiger partial charge in [0.05, 0.1) is 5.56 Å². The van der Waals surface area contributed by atoms with Gasteiger partial charge >= 0.3 is 6.18 Å². The van der Waals surface area contributed by atoms with Crippen LogP contribution in [0.4, 0.5) is 13.2 Å². The largest absolute Gasteiger partial charge is 0.417 e. The maximum Gasteiger partial charge on any atom is 0.417 e. The van der Waals surface area contributed by atoms with Crippen LogP contribution in [-0.2, 0) is 6.18 Å². The molecule has 0 bridgehead atoms. The summed E-state index contributed by atoms with van der Waals surface area (Å²) in [6, 6.07) is 4.81. The van der Waals surface area contributed by atoms with Crippen LogP contribution in [0, 0.1) is 0 Å². The van der Waals surface area contributed by atoms with E-state index in [9.17, 15) is 18.0 Å². The van der Waals surface area contributed by atoms with Gasteiger partial charge in [0.25, 0.3) is 0 Å². The number of hydrogen-bond acceptors (Lipinski definition) is 3. The molecular weight excluding hydrogens is 281 g/mol. The molecule has 0 aliphatic rings. The molecular formula is C12H11F3OS2. The molecule has 98 valence electrons. The highest BCUT2D eigenvalue weighted by molar-refractivity contribution is 8.21. The molecule has 0 radical (unpaired) electrons. The van der Waals surface area contributed by atoms with Crippen molar-refractivity contribution in [3.8, 4) is 0 Å². The Morgan fingerprint density at radius 3 is 2.22 bits per heavy atom. The molecule has 1 aromatic rings. The molecule has 1 nitrogen and oxygen atoms in total. The molecule has 0 unspecified atom stereocenters. The van der Waals surface area contributed by atoms with Crippen LogP contribution in [0.15, 0.2) is 34.6 Å². The van der Waals surface area contributed by atoms with Crippen LogP contribution in [0.5, 0.6) is 0 Å². The van der Waals surface area contributed by atoms with Gasteiger partial charge < -0.3 is 0 Å². The number of benzene rings is 1. The van der Waals surface area contributed by atoms with Crippen molar-refractivity contribution in [2.24, 2.45) is 0 Å². The smallest absolute Gasteiger partial charge is 0.289 e. The molecule has 0 saturated heterocycles. The highest BCUT2D eigenvalue weighted by Crippen LogP contribution is 2.33. The predicted molar refractivity (Wildman–Crippen MR) is 70.9 cm³/mol. The second kappa shape index (κ2) is 6.33. The van der Waals surface area contributed by atoms with Gasteiger partial charge in [0.15, 0.2) is 5.78 Å². The SMILES string of the molecule is CSC(=CC(=O)c1ccccc1C(F)(F)F)SC. The summed E-state index contributed by atoms with van der Waals surface area (Å²) in [6.07, 6.45) is 0.259. The fraction of sp³-hybridized carbons (Fsp3) is 0.250. The maximum atomic E-state index is 12.7. The van der Waals surface area contributed by atoms with E-state index in [0.717, 1.165) is 6.07 Å². The minimum absolute atomic E-state index is 0.314. The summed E-state index contributed by atoms with van der Waals surface area (Å²) in [5.41, 5.74) is -1.21. The van der Waals surface area contributed by atoms with Gasteiger partial charge in [-0.25, -0.2) is 0 Å². The van der Waals surface area contributed by atoms with Crippen molar-refractivity contribution in [1.29, 1.82) is 0 Å². The summed E-state index contributed by atoms with van der Waals surface area (Å²) in [6.45, 7) is 0. The van der Waals surface area contributed by atoms with Gasteiger partial charge in [0, 0.05) is 15.9 Å². The fourth-order valence-corrected chi connectivity index (χ4v) is 2.45. The number of carbonyl (C=O) groups excluding carboxylic acids is 1. The second-order valence-corrected chi connectivity index (χ2v) is 5.23. The van der Waals surface area contributed by atoms with Crippen molar-refractivity contribution in [3.05, 3.63) is 45.7 Å². The summed E-state index contributed by atoms with van der Waals surface area (Å²) >= 11 is 2.66. The lowest BCUT2D eigenvalue weighted by Crippen LogP contribution is -2.11. The first-order valence-electron chi connectivity index (χ1n) is 4.90. The molecule has 0 heterocycles. The Morgan fingerprint density at radius 1 is 1.17 bits per heavy atom. The van der Waals surface area contributed by atoms with Crippen LogP contribution in [0.3, 0.4) is 0 Å². The van der Waals surface area contributed by atoms with Crippen molar-refractivity contribution in [2.45, 2.75) is 6.18 Å². The number of halogens is 3. The molecule has 1 rings (SSSR count). The van der Waals surface area contributed by atoms with Gasteiger partial charge in [-0.3, -0.25) is 4.79 Å². The third-order valence-corrected chi connectivity index (χ3v) is 4.19. The van der Waals surface area contributed by atoms with Gasteiger partial charge in [0.1, 0.15) is 0 Å². The predicted octanol–water partition coefficient (Wildman–Crippen LogP) is 4.46. The van der Waals surface area contributed by atoms with E-state index >= 15 is 0 Å². The first kappa shape index (κ1) is 15.2. The minimum atomic E-state index is -4.51. The Bertz CT molecular complexity index is 461. The third-order valence-electron chi connectivity index (χ3n) is 2.15. The zero-order valence-corrected chi connectivity index (χ0v) is 11.4. The summed E-state index contributed by atoms with van der Waals surface area (Å²) < 4.78 is 38.9. The van der Waals surface area contributed by atoms with Crippen molar-refractivity contribution < 1.29 is 18.0 Å². The first-order valence-corrected chi connectivity index (χ1v) is 7.35. The van der Waals surface area contributed by atoms with E-state index in [0.29, 0.717) is 4.24 Å². The standard InChI is InChI=1S/C12H11F3OS2/c1-17-11(18-2)7-10(16)8-5-3-4-6-9(8)12(13,14)15/h3-7H,1-2H3. The van der Waals surface area contributed by atoms with E-state index in [2.05, 4.69) is 0 Å². The topological polar surface area (TPSA) is 17.1 Å². The highest BCUT2D eigenvalue weighted by atomic mass is 32.2. The average Bonchev–Trinajstić information content (AvgIpc) is 2.34. The van der Waals surface area contributed by atoms with Gasteiger partial charge in [-0.1, -0.05) is 18.2 Å². The first-order chi connectivity index (χ1) is 8.40. The third kappa shape index (κ3) is 3.81. The maximum absolute atomic E-state index is 12.7. The van der Waals surface area contributed by atoms with Gasteiger partial charge in [-0.2, -0.15) is 13.2 Å². The average molecular weight is 292 g/mol. The normalized spacial score (nSPS) is 11.2.